The third kappa shape index (κ3) is 5.94. The van der Waals surface area contributed by atoms with Crippen LogP contribution in [0.25, 0.3) is 22.9 Å². The van der Waals surface area contributed by atoms with Crippen molar-refractivity contribution in [3.63, 3.8) is 0 Å². The van der Waals surface area contributed by atoms with Gasteiger partial charge in [-0.3, -0.25) is 0 Å². The molecule has 0 N–H and O–H groups in total. The maximum atomic E-state index is 13.1. The van der Waals surface area contributed by atoms with Crippen molar-refractivity contribution in [3.05, 3.63) is 129 Å². The summed E-state index contributed by atoms with van der Waals surface area (Å²) in [5.74, 6) is 1.02. The van der Waals surface area contributed by atoms with Crippen LogP contribution in [0.2, 0.25) is 10.0 Å². The average Bonchev–Trinajstić information content (AvgIpc) is 3.27. The van der Waals surface area contributed by atoms with Crippen molar-refractivity contribution in [2.24, 2.45) is 0 Å². The van der Waals surface area contributed by atoms with Crippen LogP contribution in [-0.4, -0.2) is 22.1 Å². The Morgan fingerprint density at radius 1 is 0.842 bits per heavy atom. The number of hydrogen-bond acceptors (Lipinski definition) is 4. The van der Waals surface area contributed by atoms with Crippen molar-refractivity contribution in [1.29, 1.82) is 0 Å². The smallest absolute Gasteiger partial charge is 0.345 e. The Kier molecular flexibility index (Phi) is 8.13. The molecule has 5 rings (SSSR count). The number of hydrogen-bond donors (Lipinski definition) is 0. The van der Waals surface area contributed by atoms with Gasteiger partial charge in [-0.05, 0) is 60.7 Å². The first-order valence-electron chi connectivity index (χ1n) is 11.8. The van der Waals surface area contributed by atoms with Gasteiger partial charge >= 0.3 is 5.97 Å². The van der Waals surface area contributed by atoms with Crippen molar-refractivity contribution in [2.75, 3.05) is 6.61 Å². The standard InChI is InChI=1S/C30H21BrCl2N2O3/c31-20-13-15-21(16-14-20)37-18-17-35-27-12-6-5-11-26(27)34-29(35)19-28(22-7-1-3-9-24(22)32)38-30(36)23-8-2-4-10-25(23)33/h1-16,19H,17-18H2/b28-19-. The zero-order chi connectivity index (χ0) is 26.5. The van der Waals surface area contributed by atoms with Gasteiger partial charge in [0.05, 0.1) is 33.2 Å². The molecule has 0 aliphatic heterocycles. The summed E-state index contributed by atoms with van der Waals surface area (Å²) in [4.78, 5) is 17.9. The normalized spacial score (nSPS) is 11.5. The minimum Gasteiger partial charge on any atom is -0.492 e. The van der Waals surface area contributed by atoms with Crippen LogP contribution in [-0.2, 0) is 11.3 Å². The zero-order valence-corrected chi connectivity index (χ0v) is 23.1. The lowest BCUT2D eigenvalue weighted by molar-refractivity contribution is 0.0694. The highest BCUT2D eigenvalue weighted by atomic mass is 79.9. The highest BCUT2D eigenvalue weighted by Crippen LogP contribution is 2.29. The molecule has 0 unspecified atom stereocenters. The fourth-order valence-electron chi connectivity index (χ4n) is 3.95. The fraction of sp³-hybridized carbons (Fsp3) is 0.0667. The molecule has 0 bridgehead atoms. The van der Waals surface area contributed by atoms with E-state index in [-0.39, 0.29) is 11.3 Å². The van der Waals surface area contributed by atoms with E-state index in [1.165, 1.54) is 0 Å². The topological polar surface area (TPSA) is 53.3 Å². The number of rotatable bonds is 8. The Balaban J connectivity index is 1.52. The number of carbonyl (C=O) groups is 1. The third-order valence-electron chi connectivity index (χ3n) is 5.78. The predicted molar refractivity (Wildman–Crippen MR) is 156 cm³/mol. The molecule has 0 atom stereocenters. The maximum absolute atomic E-state index is 13.1. The molecule has 38 heavy (non-hydrogen) atoms. The molecular weight excluding hydrogens is 587 g/mol. The monoisotopic (exact) mass is 606 g/mol. The van der Waals surface area contributed by atoms with Gasteiger partial charge in [0.1, 0.15) is 23.9 Å². The van der Waals surface area contributed by atoms with Crippen LogP contribution in [0, 0.1) is 0 Å². The van der Waals surface area contributed by atoms with Crippen LogP contribution in [0.1, 0.15) is 21.7 Å². The summed E-state index contributed by atoms with van der Waals surface area (Å²) in [6.45, 7) is 0.917. The number of nitrogens with zero attached hydrogens (tertiary/aromatic N) is 2. The Hall–Kier alpha value is -3.58. The summed E-state index contributed by atoms with van der Waals surface area (Å²) >= 11 is 16.2. The highest BCUT2D eigenvalue weighted by molar-refractivity contribution is 9.10. The Labute approximate surface area is 238 Å². The van der Waals surface area contributed by atoms with Crippen LogP contribution >= 0.6 is 39.1 Å². The van der Waals surface area contributed by atoms with E-state index in [4.69, 9.17) is 37.7 Å². The second-order valence-corrected chi connectivity index (χ2v) is 10.0. The summed E-state index contributed by atoms with van der Waals surface area (Å²) in [7, 11) is 0. The number of carbonyl (C=O) groups excluding carboxylic acids is 1. The molecule has 0 fully saturated rings. The number of aromatic nitrogens is 2. The van der Waals surface area contributed by atoms with Gasteiger partial charge in [0.25, 0.3) is 0 Å². The van der Waals surface area contributed by atoms with E-state index >= 15 is 0 Å². The second-order valence-electron chi connectivity index (χ2n) is 8.27. The average molecular weight is 608 g/mol. The number of para-hydroxylation sites is 2. The van der Waals surface area contributed by atoms with Crippen LogP contribution in [0.15, 0.2) is 102 Å². The number of imidazole rings is 1. The van der Waals surface area contributed by atoms with Gasteiger partial charge in [-0.2, -0.15) is 0 Å². The van der Waals surface area contributed by atoms with E-state index in [0.717, 1.165) is 21.3 Å². The first-order valence-corrected chi connectivity index (χ1v) is 13.3. The van der Waals surface area contributed by atoms with E-state index < -0.39 is 5.97 Å². The largest absolute Gasteiger partial charge is 0.492 e. The minimum absolute atomic E-state index is 0.253. The SMILES string of the molecule is O=C(O/C(=C\c1nc2ccccc2n1CCOc1ccc(Br)cc1)c1ccccc1Cl)c1ccccc1Cl. The number of benzene rings is 4. The number of ether oxygens (including phenoxy) is 2. The molecule has 5 aromatic rings. The van der Waals surface area contributed by atoms with Crippen molar-refractivity contribution >= 4 is 68.0 Å². The molecule has 0 spiro atoms. The summed E-state index contributed by atoms with van der Waals surface area (Å²) in [5.41, 5.74) is 2.54. The van der Waals surface area contributed by atoms with Gasteiger partial charge in [0.15, 0.2) is 0 Å². The van der Waals surface area contributed by atoms with Crippen molar-refractivity contribution in [2.45, 2.75) is 6.54 Å². The van der Waals surface area contributed by atoms with Gasteiger partial charge < -0.3 is 14.0 Å². The zero-order valence-electron chi connectivity index (χ0n) is 20.0. The number of halogens is 3. The predicted octanol–water partition coefficient (Wildman–Crippen LogP) is 8.54. The first kappa shape index (κ1) is 26.0. The van der Waals surface area contributed by atoms with Gasteiger partial charge in [0, 0.05) is 16.1 Å². The molecule has 1 aromatic heterocycles. The second kappa shape index (κ2) is 11.9. The highest BCUT2D eigenvalue weighted by Gasteiger charge is 2.19. The van der Waals surface area contributed by atoms with Gasteiger partial charge in [-0.1, -0.05) is 75.5 Å². The molecular formula is C30H21BrCl2N2O3. The molecule has 0 amide bonds. The number of fused-ring (bicyclic) bond motifs is 1. The summed E-state index contributed by atoms with van der Waals surface area (Å²) < 4.78 is 14.9. The van der Waals surface area contributed by atoms with Gasteiger partial charge in [-0.15, -0.1) is 0 Å². The van der Waals surface area contributed by atoms with Crippen LogP contribution < -0.4 is 4.74 Å². The quantitative estimate of drug-likeness (QED) is 0.131. The lowest BCUT2D eigenvalue weighted by Gasteiger charge is -2.13. The summed E-state index contributed by atoms with van der Waals surface area (Å²) in [5, 5.41) is 0.736. The molecule has 0 aliphatic rings. The molecule has 0 saturated carbocycles. The molecule has 5 nitrogen and oxygen atoms in total. The van der Waals surface area contributed by atoms with E-state index in [0.29, 0.717) is 34.6 Å². The van der Waals surface area contributed by atoms with Gasteiger partial charge in [0.2, 0.25) is 0 Å². The van der Waals surface area contributed by atoms with Gasteiger partial charge in [-0.25, -0.2) is 9.78 Å². The summed E-state index contributed by atoms with van der Waals surface area (Å²) in [6.07, 6.45) is 1.72. The Morgan fingerprint density at radius 2 is 1.47 bits per heavy atom. The van der Waals surface area contributed by atoms with Crippen molar-refractivity contribution in [3.8, 4) is 5.75 Å². The van der Waals surface area contributed by atoms with E-state index in [9.17, 15) is 4.79 Å². The third-order valence-corrected chi connectivity index (χ3v) is 6.97. The maximum Gasteiger partial charge on any atom is 0.345 e. The van der Waals surface area contributed by atoms with E-state index in [1.54, 1.807) is 42.5 Å². The molecule has 8 heteroatoms. The molecule has 4 aromatic carbocycles. The van der Waals surface area contributed by atoms with Crippen LogP contribution in [0.3, 0.4) is 0 Å². The molecule has 190 valence electrons. The first-order chi connectivity index (χ1) is 18.5. The molecule has 0 radical (unpaired) electrons. The molecule has 1 heterocycles. The Morgan fingerprint density at radius 3 is 2.18 bits per heavy atom. The van der Waals surface area contributed by atoms with Crippen LogP contribution in [0.4, 0.5) is 0 Å². The lowest BCUT2D eigenvalue weighted by Crippen LogP contribution is -2.10. The Bertz CT molecular complexity index is 1630. The number of esters is 1. The van der Waals surface area contributed by atoms with E-state index in [2.05, 4.69) is 15.9 Å². The van der Waals surface area contributed by atoms with E-state index in [1.807, 2.05) is 65.2 Å². The van der Waals surface area contributed by atoms with Crippen molar-refractivity contribution in [1.82, 2.24) is 9.55 Å². The lowest BCUT2D eigenvalue weighted by atomic mass is 10.1. The fourth-order valence-corrected chi connectivity index (χ4v) is 4.65. The molecule has 0 aliphatic carbocycles. The van der Waals surface area contributed by atoms with Crippen molar-refractivity contribution < 1.29 is 14.3 Å². The minimum atomic E-state index is -0.594. The summed E-state index contributed by atoms with van der Waals surface area (Å²) in [6, 6.07) is 29.4. The molecule has 0 saturated heterocycles. The van der Waals surface area contributed by atoms with Crippen LogP contribution in [0.5, 0.6) is 5.75 Å².